The molecule has 0 amide bonds. The summed E-state index contributed by atoms with van der Waals surface area (Å²) in [5, 5.41) is 4.86. The van der Waals surface area contributed by atoms with Gasteiger partial charge in [0, 0.05) is 33.6 Å². The number of H-pyrrole nitrogens is 2. The molecule has 3 N–H and O–H groups in total. The van der Waals surface area contributed by atoms with Gasteiger partial charge in [0.15, 0.2) is 0 Å². The van der Waals surface area contributed by atoms with Crippen molar-refractivity contribution >= 4 is 39.2 Å². The molecule has 2 aromatic heterocycles. The van der Waals surface area contributed by atoms with Gasteiger partial charge in [0.2, 0.25) is 0 Å². The number of rotatable bonds is 1. The second kappa shape index (κ2) is 5.54. The van der Waals surface area contributed by atoms with Crippen LogP contribution in [0.4, 0.5) is 5.69 Å². The van der Waals surface area contributed by atoms with Crippen molar-refractivity contribution in [1.82, 2.24) is 9.97 Å². The lowest BCUT2D eigenvalue weighted by Gasteiger charge is -2.20. The summed E-state index contributed by atoms with van der Waals surface area (Å²) in [5.74, 6) is 0.806. The molecular weight excluding hydrogens is 350 g/mol. The van der Waals surface area contributed by atoms with Crippen LogP contribution in [0.1, 0.15) is 5.56 Å². The van der Waals surface area contributed by atoms with Gasteiger partial charge in [0.25, 0.3) is 5.56 Å². The van der Waals surface area contributed by atoms with E-state index in [1.807, 2.05) is 43.3 Å². The zero-order valence-corrected chi connectivity index (χ0v) is 14.8. The van der Waals surface area contributed by atoms with Crippen LogP contribution in [0.15, 0.2) is 41.2 Å². The Kier molecular flexibility index (Phi) is 3.27. The van der Waals surface area contributed by atoms with Gasteiger partial charge in [-0.1, -0.05) is 17.7 Å². The second-order valence-corrected chi connectivity index (χ2v) is 6.94. The number of anilines is 1. The number of halogens is 1. The molecule has 0 unspecified atom stereocenters. The van der Waals surface area contributed by atoms with Crippen LogP contribution < -0.4 is 15.6 Å². The number of ether oxygens (including phenoxy) is 1. The van der Waals surface area contributed by atoms with Crippen LogP contribution in [0.3, 0.4) is 0 Å². The van der Waals surface area contributed by atoms with E-state index in [2.05, 4.69) is 15.3 Å². The van der Waals surface area contributed by atoms with Crippen molar-refractivity contribution in [2.45, 2.75) is 6.92 Å². The summed E-state index contributed by atoms with van der Waals surface area (Å²) in [6.45, 7) is 3.26. The van der Waals surface area contributed by atoms with Crippen molar-refractivity contribution in [3.8, 4) is 16.9 Å². The van der Waals surface area contributed by atoms with E-state index in [-0.39, 0.29) is 5.56 Å². The lowest BCUT2D eigenvalue weighted by Crippen LogP contribution is -2.18. The highest BCUT2D eigenvalue weighted by Crippen LogP contribution is 2.37. The van der Waals surface area contributed by atoms with E-state index in [0.717, 1.165) is 51.0 Å². The van der Waals surface area contributed by atoms with Gasteiger partial charge in [0.1, 0.15) is 12.4 Å². The first kappa shape index (κ1) is 15.3. The summed E-state index contributed by atoms with van der Waals surface area (Å²) in [7, 11) is 0. The third-order valence-corrected chi connectivity index (χ3v) is 5.15. The summed E-state index contributed by atoms with van der Waals surface area (Å²) in [4.78, 5) is 19.0. The van der Waals surface area contributed by atoms with Gasteiger partial charge in [0.05, 0.1) is 16.7 Å². The maximum atomic E-state index is 12.6. The van der Waals surface area contributed by atoms with Crippen LogP contribution in [0.25, 0.3) is 33.1 Å². The van der Waals surface area contributed by atoms with Crippen LogP contribution in [0.2, 0.25) is 5.02 Å². The second-order valence-electron chi connectivity index (χ2n) is 6.51. The van der Waals surface area contributed by atoms with Gasteiger partial charge < -0.3 is 20.0 Å². The first-order chi connectivity index (χ1) is 12.6. The van der Waals surface area contributed by atoms with E-state index in [0.29, 0.717) is 17.2 Å². The van der Waals surface area contributed by atoms with Crippen molar-refractivity contribution in [2.24, 2.45) is 0 Å². The molecule has 130 valence electrons. The number of aromatic nitrogens is 2. The average Bonchev–Trinajstić information content (AvgIpc) is 2.99. The number of hydrogen-bond donors (Lipinski definition) is 3. The largest absolute Gasteiger partial charge is 0.490 e. The molecule has 4 aromatic rings. The molecular formula is C20H16ClN3O2. The third kappa shape index (κ3) is 2.21. The molecule has 2 aromatic carbocycles. The van der Waals surface area contributed by atoms with E-state index >= 15 is 0 Å². The maximum absolute atomic E-state index is 12.6. The Morgan fingerprint density at radius 2 is 1.96 bits per heavy atom. The summed E-state index contributed by atoms with van der Waals surface area (Å²) < 4.78 is 5.77. The fraction of sp³-hybridized carbons (Fsp3) is 0.150. The van der Waals surface area contributed by atoms with Crippen molar-refractivity contribution in [2.75, 3.05) is 18.5 Å². The fourth-order valence-corrected chi connectivity index (χ4v) is 3.81. The minimum atomic E-state index is -0.106. The molecule has 1 aliphatic rings. The van der Waals surface area contributed by atoms with Gasteiger partial charge in [-0.05, 0) is 42.8 Å². The van der Waals surface area contributed by atoms with Gasteiger partial charge in [-0.15, -0.1) is 0 Å². The SMILES string of the molecule is Cc1c(-c2ccc3c(c2)OCCN3)c2[nH]c3ccc(Cl)cc3c2[nH]c1=O. The summed E-state index contributed by atoms with van der Waals surface area (Å²) in [6.07, 6.45) is 0. The van der Waals surface area contributed by atoms with E-state index in [4.69, 9.17) is 16.3 Å². The highest BCUT2D eigenvalue weighted by atomic mass is 35.5. The highest BCUT2D eigenvalue weighted by Gasteiger charge is 2.18. The first-order valence-corrected chi connectivity index (χ1v) is 8.84. The molecule has 26 heavy (non-hydrogen) atoms. The predicted molar refractivity (Wildman–Crippen MR) is 106 cm³/mol. The van der Waals surface area contributed by atoms with Crippen molar-refractivity contribution < 1.29 is 4.74 Å². The number of hydrogen-bond acceptors (Lipinski definition) is 3. The Hall–Kier alpha value is -2.92. The van der Waals surface area contributed by atoms with Gasteiger partial charge >= 0.3 is 0 Å². The van der Waals surface area contributed by atoms with Crippen LogP contribution in [-0.2, 0) is 0 Å². The van der Waals surface area contributed by atoms with Crippen molar-refractivity contribution in [3.63, 3.8) is 0 Å². The Bertz CT molecular complexity index is 1240. The molecule has 5 rings (SSSR count). The Labute approximate surface area is 153 Å². The van der Waals surface area contributed by atoms with Crippen LogP contribution >= 0.6 is 11.6 Å². The molecule has 0 saturated carbocycles. The standard InChI is InChI=1S/C20H16ClN3O2/c1-10-17(11-2-4-15-16(8-11)26-7-6-22-15)19-18(24-20(10)25)13-9-12(21)3-5-14(13)23-19/h2-5,8-9,22-23H,6-7H2,1H3,(H,24,25). The van der Waals surface area contributed by atoms with Crippen LogP contribution in [0, 0.1) is 6.92 Å². The summed E-state index contributed by atoms with van der Waals surface area (Å²) >= 11 is 6.15. The lowest BCUT2D eigenvalue weighted by molar-refractivity contribution is 0.323. The minimum absolute atomic E-state index is 0.106. The molecule has 0 radical (unpaired) electrons. The Balaban J connectivity index is 1.86. The van der Waals surface area contributed by atoms with Crippen LogP contribution in [-0.4, -0.2) is 23.1 Å². The molecule has 0 atom stereocenters. The number of nitrogens with one attached hydrogen (secondary N) is 3. The zero-order valence-electron chi connectivity index (χ0n) is 14.1. The minimum Gasteiger partial charge on any atom is -0.490 e. The van der Waals surface area contributed by atoms with E-state index in [1.165, 1.54) is 0 Å². The monoisotopic (exact) mass is 365 g/mol. The quantitative estimate of drug-likeness (QED) is 0.467. The fourth-order valence-electron chi connectivity index (χ4n) is 3.64. The molecule has 1 aliphatic heterocycles. The normalized spacial score (nSPS) is 13.5. The molecule has 0 aliphatic carbocycles. The van der Waals surface area contributed by atoms with Crippen molar-refractivity contribution in [3.05, 3.63) is 57.3 Å². The third-order valence-electron chi connectivity index (χ3n) is 4.91. The molecule has 0 bridgehead atoms. The number of fused-ring (bicyclic) bond motifs is 4. The van der Waals surface area contributed by atoms with Crippen LogP contribution in [0.5, 0.6) is 5.75 Å². The molecule has 0 fully saturated rings. The van der Waals surface area contributed by atoms with Gasteiger partial charge in [-0.3, -0.25) is 4.79 Å². The number of benzene rings is 2. The topological polar surface area (TPSA) is 69.9 Å². The van der Waals surface area contributed by atoms with Gasteiger partial charge in [-0.25, -0.2) is 0 Å². The van der Waals surface area contributed by atoms with Crippen molar-refractivity contribution in [1.29, 1.82) is 0 Å². The van der Waals surface area contributed by atoms with E-state index in [9.17, 15) is 4.79 Å². The summed E-state index contributed by atoms with van der Waals surface area (Å²) in [6, 6.07) is 11.6. The zero-order chi connectivity index (χ0) is 17.8. The molecule has 5 nitrogen and oxygen atoms in total. The number of aromatic amines is 2. The molecule has 3 heterocycles. The highest BCUT2D eigenvalue weighted by molar-refractivity contribution is 6.31. The predicted octanol–water partition coefficient (Wildman–Crippen LogP) is 4.44. The number of pyridine rings is 1. The van der Waals surface area contributed by atoms with Gasteiger partial charge in [-0.2, -0.15) is 0 Å². The Morgan fingerprint density at radius 3 is 2.85 bits per heavy atom. The molecule has 6 heteroatoms. The van der Waals surface area contributed by atoms with E-state index < -0.39 is 0 Å². The first-order valence-electron chi connectivity index (χ1n) is 8.47. The smallest absolute Gasteiger partial charge is 0.252 e. The summed E-state index contributed by atoms with van der Waals surface area (Å²) in [5.41, 5.74) is 5.95. The molecule has 0 spiro atoms. The molecule has 0 saturated heterocycles. The lowest BCUT2D eigenvalue weighted by atomic mass is 9.99. The van der Waals surface area contributed by atoms with E-state index in [1.54, 1.807) is 0 Å². The maximum Gasteiger partial charge on any atom is 0.252 e. The Morgan fingerprint density at radius 1 is 1.08 bits per heavy atom. The average molecular weight is 366 g/mol.